The minimum atomic E-state index is -0.0609. The number of anilines is 1. The Morgan fingerprint density at radius 2 is 2.10 bits per heavy atom. The molecular formula is C13H20Cl2N4O. The predicted octanol–water partition coefficient (Wildman–Crippen LogP) is 2.51. The number of nitrogens with one attached hydrogen (secondary N) is 3. The Morgan fingerprint density at radius 1 is 1.40 bits per heavy atom. The van der Waals surface area contributed by atoms with Crippen LogP contribution in [-0.4, -0.2) is 29.5 Å². The van der Waals surface area contributed by atoms with Crippen molar-refractivity contribution in [2.45, 2.75) is 13.8 Å². The summed E-state index contributed by atoms with van der Waals surface area (Å²) in [5.41, 5.74) is 2.64. The van der Waals surface area contributed by atoms with Crippen LogP contribution in [0.25, 0.3) is 11.0 Å². The van der Waals surface area contributed by atoms with E-state index in [1.54, 1.807) is 0 Å². The lowest BCUT2D eigenvalue weighted by atomic mass is 10.1. The van der Waals surface area contributed by atoms with E-state index < -0.39 is 0 Å². The summed E-state index contributed by atoms with van der Waals surface area (Å²) in [6.07, 6.45) is 0. The second-order valence-corrected chi connectivity index (χ2v) is 4.50. The van der Waals surface area contributed by atoms with Gasteiger partial charge in [0.1, 0.15) is 5.82 Å². The molecule has 3 N–H and O–H groups in total. The Bertz CT molecular complexity index is 570. The number of aromatic amines is 1. The monoisotopic (exact) mass is 318 g/mol. The van der Waals surface area contributed by atoms with Crippen molar-refractivity contribution in [2.75, 3.05) is 18.9 Å². The number of carbonyl (C=O) groups is 1. The SMILES string of the molecule is CNCC(C)C(=O)Nc1ccc2nc(C)[nH]c2c1.Cl.Cl. The van der Waals surface area contributed by atoms with Gasteiger partial charge >= 0.3 is 0 Å². The largest absolute Gasteiger partial charge is 0.342 e. The van der Waals surface area contributed by atoms with Gasteiger partial charge in [0.2, 0.25) is 5.91 Å². The second-order valence-electron chi connectivity index (χ2n) is 4.50. The number of imidazole rings is 1. The Morgan fingerprint density at radius 3 is 2.75 bits per heavy atom. The number of H-pyrrole nitrogens is 1. The van der Waals surface area contributed by atoms with E-state index in [0.717, 1.165) is 22.5 Å². The molecule has 20 heavy (non-hydrogen) atoms. The summed E-state index contributed by atoms with van der Waals surface area (Å²) in [7, 11) is 1.84. The third kappa shape index (κ3) is 4.37. The summed E-state index contributed by atoms with van der Waals surface area (Å²) in [6, 6.07) is 5.67. The lowest BCUT2D eigenvalue weighted by molar-refractivity contribution is -0.119. The predicted molar refractivity (Wildman–Crippen MR) is 87.0 cm³/mol. The van der Waals surface area contributed by atoms with Gasteiger partial charge in [-0.15, -0.1) is 24.8 Å². The highest BCUT2D eigenvalue weighted by Crippen LogP contribution is 2.17. The molecule has 0 aliphatic rings. The van der Waals surface area contributed by atoms with Crippen molar-refractivity contribution in [2.24, 2.45) is 5.92 Å². The van der Waals surface area contributed by atoms with E-state index in [1.165, 1.54) is 0 Å². The quantitative estimate of drug-likeness (QED) is 0.811. The fraction of sp³-hybridized carbons (Fsp3) is 0.385. The first-order valence-electron chi connectivity index (χ1n) is 6.02. The number of rotatable bonds is 4. The highest BCUT2D eigenvalue weighted by Gasteiger charge is 2.12. The average Bonchev–Trinajstić information content (AvgIpc) is 2.68. The van der Waals surface area contributed by atoms with Crippen LogP contribution in [0.4, 0.5) is 5.69 Å². The van der Waals surface area contributed by atoms with Gasteiger partial charge in [0, 0.05) is 18.2 Å². The average molecular weight is 319 g/mol. The summed E-state index contributed by atoms with van der Waals surface area (Å²) in [4.78, 5) is 19.3. The summed E-state index contributed by atoms with van der Waals surface area (Å²) in [6.45, 7) is 4.47. The molecule has 0 bridgehead atoms. The zero-order valence-electron chi connectivity index (χ0n) is 11.7. The molecule has 1 amide bonds. The Balaban J connectivity index is 0.00000180. The first kappa shape index (κ1) is 18.7. The van der Waals surface area contributed by atoms with Gasteiger partial charge in [0.15, 0.2) is 0 Å². The Hall–Kier alpha value is -1.30. The Labute approximate surface area is 130 Å². The highest BCUT2D eigenvalue weighted by molar-refractivity contribution is 5.94. The lowest BCUT2D eigenvalue weighted by Gasteiger charge is -2.11. The number of halogens is 2. The van der Waals surface area contributed by atoms with E-state index in [0.29, 0.717) is 6.54 Å². The van der Waals surface area contributed by atoms with Crippen LogP contribution in [0.3, 0.4) is 0 Å². The number of amides is 1. The van der Waals surface area contributed by atoms with Gasteiger partial charge in [-0.3, -0.25) is 4.79 Å². The summed E-state index contributed by atoms with van der Waals surface area (Å²) < 4.78 is 0. The molecule has 1 aromatic heterocycles. The van der Waals surface area contributed by atoms with E-state index in [1.807, 2.05) is 39.1 Å². The molecule has 1 heterocycles. The standard InChI is InChI=1S/C13H18N4O.2ClH/c1-8(7-14-3)13(18)17-10-4-5-11-12(6-10)16-9(2)15-11;;/h4-6,8,14H,7H2,1-3H3,(H,15,16)(H,17,18);2*1H. The van der Waals surface area contributed by atoms with Gasteiger partial charge in [0.05, 0.1) is 11.0 Å². The fourth-order valence-corrected chi connectivity index (χ4v) is 1.88. The zero-order chi connectivity index (χ0) is 13.1. The number of aromatic nitrogens is 2. The molecule has 0 aliphatic heterocycles. The van der Waals surface area contributed by atoms with Crippen molar-refractivity contribution in [1.29, 1.82) is 0 Å². The third-order valence-corrected chi connectivity index (χ3v) is 2.83. The molecular weight excluding hydrogens is 299 g/mol. The molecule has 0 fully saturated rings. The van der Waals surface area contributed by atoms with Crippen LogP contribution in [0.15, 0.2) is 18.2 Å². The van der Waals surface area contributed by atoms with Crippen molar-refractivity contribution in [3.63, 3.8) is 0 Å². The lowest BCUT2D eigenvalue weighted by Crippen LogP contribution is -2.28. The van der Waals surface area contributed by atoms with Crippen molar-refractivity contribution in [3.8, 4) is 0 Å². The molecule has 1 aromatic carbocycles. The molecule has 2 aromatic rings. The van der Waals surface area contributed by atoms with E-state index >= 15 is 0 Å². The van der Waals surface area contributed by atoms with Crippen LogP contribution >= 0.6 is 24.8 Å². The smallest absolute Gasteiger partial charge is 0.228 e. The van der Waals surface area contributed by atoms with Crippen molar-refractivity contribution in [1.82, 2.24) is 15.3 Å². The van der Waals surface area contributed by atoms with Crippen LogP contribution in [0.5, 0.6) is 0 Å². The zero-order valence-corrected chi connectivity index (χ0v) is 13.3. The van der Waals surface area contributed by atoms with Gasteiger partial charge in [-0.05, 0) is 32.2 Å². The Kier molecular flexibility index (Phi) is 7.57. The first-order chi connectivity index (χ1) is 8.60. The number of carbonyl (C=O) groups excluding carboxylic acids is 1. The third-order valence-electron chi connectivity index (χ3n) is 2.83. The van der Waals surface area contributed by atoms with Crippen molar-refractivity contribution >= 4 is 47.4 Å². The molecule has 0 saturated heterocycles. The van der Waals surface area contributed by atoms with Crippen LogP contribution < -0.4 is 10.6 Å². The number of fused-ring (bicyclic) bond motifs is 1. The minimum absolute atomic E-state index is 0. The maximum atomic E-state index is 11.9. The molecule has 0 spiro atoms. The molecule has 0 radical (unpaired) electrons. The van der Waals surface area contributed by atoms with Gasteiger partial charge < -0.3 is 15.6 Å². The number of benzene rings is 1. The molecule has 5 nitrogen and oxygen atoms in total. The van der Waals surface area contributed by atoms with Crippen LogP contribution in [0.2, 0.25) is 0 Å². The van der Waals surface area contributed by atoms with Gasteiger partial charge in [-0.2, -0.15) is 0 Å². The minimum Gasteiger partial charge on any atom is -0.342 e. The molecule has 1 atom stereocenters. The molecule has 0 aliphatic carbocycles. The van der Waals surface area contributed by atoms with Gasteiger partial charge in [0.25, 0.3) is 0 Å². The molecule has 0 saturated carbocycles. The van der Waals surface area contributed by atoms with Crippen LogP contribution in [-0.2, 0) is 4.79 Å². The summed E-state index contributed by atoms with van der Waals surface area (Å²) >= 11 is 0. The van der Waals surface area contributed by atoms with Crippen molar-refractivity contribution in [3.05, 3.63) is 24.0 Å². The van der Waals surface area contributed by atoms with Crippen molar-refractivity contribution < 1.29 is 4.79 Å². The highest BCUT2D eigenvalue weighted by atomic mass is 35.5. The molecule has 7 heteroatoms. The number of hydrogen-bond donors (Lipinski definition) is 3. The fourth-order valence-electron chi connectivity index (χ4n) is 1.88. The maximum absolute atomic E-state index is 11.9. The number of hydrogen-bond acceptors (Lipinski definition) is 3. The molecule has 112 valence electrons. The van der Waals surface area contributed by atoms with E-state index in [2.05, 4.69) is 20.6 Å². The van der Waals surface area contributed by atoms with Gasteiger partial charge in [-0.25, -0.2) is 4.98 Å². The summed E-state index contributed by atoms with van der Waals surface area (Å²) in [5.74, 6) is 0.825. The second kappa shape index (κ2) is 8.09. The summed E-state index contributed by atoms with van der Waals surface area (Å²) in [5, 5.41) is 5.89. The molecule has 1 unspecified atom stereocenters. The maximum Gasteiger partial charge on any atom is 0.228 e. The molecule has 2 rings (SSSR count). The van der Waals surface area contributed by atoms with Crippen LogP contribution in [0.1, 0.15) is 12.7 Å². The topological polar surface area (TPSA) is 69.8 Å². The normalized spacial score (nSPS) is 11.3. The number of aryl methyl sites for hydroxylation is 1. The van der Waals surface area contributed by atoms with Gasteiger partial charge in [-0.1, -0.05) is 6.92 Å². The first-order valence-corrected chi connectivity index (χ1v) is 6.02. The van der Waals surface area contributed by atoms with E-state index in [4.69, 9.17) is 0 Å². The number of nitrogens with zero attached hydrogens (tertiary/aromatic N) is 1. The van der Waals surface area contributed by atoms with Crippen LogP contribution in [0, 0.1) is 12.8 Å². The van der Waals surface area contributed by atoms with E-state index in [9.17, 15) is 4.79 Å². The van der Waals surface area contributed by atoms with E-state index in [-0.39, 0.29) is 36.6 Å².